The Labute approximate surface area is 114 Å². The van der Waals surface area contributed by atoms with Crippen molar-refractivity contribution < 1.29 is 14.6 Å². The van der Waals surface area contributed by atoms with Gasteiger partial charge in [0.05, 0.1) is 24.7 Å². The molecule has 1 heterocycles. The number of carbonyl (C=O) groups is 1. The van der Waals surface area contributed by atoms with E-state index in [1.165, 1.54) is 6.42 Å². The van der Waals surface area contributed by atoms with Gasteiger partial charge in [-0.25, -0.2) is 0 Å². The smallest absolute Gasteiger partial charge is 0.227 e. The van der Waals surface area contributed by atoms with E-state index in [1.54, 1.807) is 0 Å². The Kier molecular flexibility index (Phi) is 3.53. The lowest BCUT2D eigenvalue weighted by atomic mass is 9.84. The number of carbonyl (C=O) groups excluding carboxylic acids is 1. The number of ether oxygens (including phenoxy) is 1. The van der Waals surface area contributed by atoms with Crippen LogP contribution in [0, 0.1) is 17.8 Å². The quantitative estimate of drug-likeness (QED) is 0.737. The van der Waals surface area contributed by atoms with Gasteiger partial charge in [-0.2, -0.15) is 0 Å². The minimum atomic E-state index is -0.248. The van der Waals surface area contributed by atoms with E-state index in [0.717, 1.165) is 12.8 Å². The summed E-state index contributed by atoms with van der Waals surface area (Å²) in [4.78, 5) is 14.6. The van der Waals surface area contributed by atoms with Gasteiger partial charge in [-0.15, -0.1) is 0 Å². The SMILES string of the molecule is CC1CN(C(=O)C2C3CCC(C3)C2N)CC(CO)O1. The molecule has 5 nitrogen and oxygen atoms in total. The second kappa shape index (κ2) is 5.04. The molecule has 6 atom stereocenters. The van der Waals surface area contributed by atoms with Gasteiger partial charge in [-0.1, -0.05) is 0 Å². The standard InChI is InChI=1S/C14H24N2O3/c1-8-5-16(6-11(7-17)19-8)14(18)12-9-2-3-10(4-9)13(12)15/h8-13,17H,2-7,15H2,1H3. The van der Waals surface area contributed by atoms with Crippen LogP contribution in [0.3, 0.4) is 0 Å². The topological polar surface area (TPSA) is 75.8 Å². The van der Waals surface area contributed by atoms with Crippen molar-refractivity contribution in [1.29, 1.82) is 0 Å². The fraction of sp³-hybridized carbons (Fsp3) is 0.929. The van der Waals surface area contributed by atoms with Crippen molar-refractivity contribution in [3.8, 4) is 0 Å². The van der Waals surface area contributed by atoms with E-state index in [2.05, 4.69) is 0 Å². The highest BCUT2D eigenvalue weighted by atomic mass is 16.5. The average molecular weight is 268 g/mol. The van der Waals surface area contributed by atoms with Gasteiger partial charge in [0, 0.05) is 19.1 Å². The van der Waals surface area contributed by atoms with Crippen LogP contribution in [0.25, 0.3) is 0 Å². The molecule has 3 rings (SSSR count). The van der Waals surface area contributed by atoms with Gasteiger partial charge in [0.1, 0.15) is 0 Å². The first-order valence-corrected chi connectivity index (χ1v) is 7.40. The van der Waals surface area contributed by atoms with Crippen molar-refractivity contribution in [1.82, 2.24) is 4.90 Å². The summed E-state index contributed by atoms with van der Waals surface area (Å²) in [6.07, 6.45) is 3.21. The molecule has 2 saturated carbocycles. The monoisotopic (exact) mass is 268 g/mol. The molecule has 0 aromatic heterocycles. The second-order valence-electron chi connectivity index (χ2n) is 6.43. The maximum absolute atomic E-state index is 12.7. The Balaban J connectivity index is 1.69. The van der Waals surface area contributed by atoms with E-state index >= 15 is 0 Å². The normalized spacial score (nSPS) is 45.7. The van der Waals surface area contributed by atoms with E-state index in [1.807, 2.05) is 11.8 Å². The summed E-state index contributed by atoms with van der Waals surface area (Å²) in [6.45, 7) is 3.04. The van der Waals surface area contributed by atoms with Crippen LogP contribution >= 0.6 is 0 Å². The number of fused-ring (bicyclic) bond motifs is 2. The van der Waals surface area contributed by atoms with E-state index in [9.17, 15) is 9.90 Å². The van der Waals surface area contributed by atoms with E-state index in [0.29, 0.717) is 24.9 Å². The summed E-state index contributed by atoms with van der Waals surface area (Å²) < 4.78 is 5.59. The van der Waals surface area contributed by atoms with Crippen LogP contribution in [0.15, 0.2) is 0 Å². The number of hydrogen-bond acceptors (Lipinski definition) is 4. The molecule has 0 aromatic rings. The molecule has 0 radical (unpaired) electrons. The number of nitrogens with two attached hydrogens (primary N) is 1. The van der Waals surface area contributed by atoms with Crippen molar-refractivity contribution >= 4 is 5.91 Å². The number of aliphatic hydroxyl groups is 1. The van der Waals surface area contributed by atoms with Gasteiger partial charge in [-0.3, -0.25) is 4.79 Å². The number of nitrogens with zero attached hydrogens (tertiary/aromatic N) is 1. The highest BCUT2D eigenvalue weighted by Crippen LogP contribution is 2.48. The Hall–Kier alpha value is -0.650. The van der Waals surface area contributed by atoms with Crippen LogP contribution in [0.1, 0.15) is 26.2 Å². The Morgan fingerprint density at radius 2 is 2.11 bits per heavy atom. The largest absolute Gasteiger partial charge is 0.394 e. The molecule has 5 heteroatoms. The zero-order valence-electron chi connectivity index (χ0n) is 11.5. The summed E-state index contributed by atoms with van der Waals surface area (Å²) in [5.74, 6) is 1.22. The highest BCUT2D eigenvalue weighted by molar-refractivity contribution is 5.80. The fourth-order valence-electron chi connectivity index (χ4n) is 4.24. The zero-order valence-corrected chi connectivity index (χ0v) is 11.5. The molecule has 3 N–H and O–H groups in total. The lowest BCUT2D eigenvalue weighted by Gasteiger charge is -2.39. The Morgan fingerprint density at radius 1 is 1.37 bits per heavy atom. The fourth-order valence-corrected chi connectivity index (χ4v) is 4.24. The molecule has 1 amide bonds. The Bertz CT molecular complexity index is 361. The van der Waals surface area contributed by atoms with Crippen molar-refractivity contribution in [3.05, 3.63) is 0 Å². The predicted molar refractivity (Wildman–Crippen MR) is 70.3 cm³/mol. The molecule has 3 fully saturated rings. The first-order valence-electron chi connectivity index (χ1n) is 7.40. The van der Waals surface area contributed by atoms with Crippen molar-refractivity contribution in [2.45, 2.75) is 44.4 Å². The molecule has 108 valence electrons. The van der Waals surface area contributed by atoms with Gasteiger partial charge >= 0.3 is 0 Å². The molecule has 2 bridgehead atoms. The van der Waals surface area contributed by atoms with Crippen LogP contribution in [0.4, 0.5) is 0 Å². The molecule has 1 saturated heterocycles. The van der Waals surface area contributed by atoms with Gasteiger partial charge in [0.2, 0.25) is 5.91 Å². The van der Waals surface area contributed by atoms with Crippen LogP contribution in [-0.4, -0.2) is 53.9 Å². The minimum Gasteiger partial charge on any atom is -0.394 e. The number of hydrogen-bond donors (Lipinski definition) is 2. The van der Waals surface area contributed by atoms with Crippen molar-refractivity contribution in [2.24, 2.45) is 23.5 Å². The Morgan fingerprint density at radius 3 is 2.74 bits per heavy atom. The molecule has 0 aromatic carbocycles. The first kappa shape index (κ1) is 13.3. The summed E-state index contributed by atoms with van der Waals surface area (Å²) in [5.41, 5.74) is 6.25. The van der Waals surface area contributed by atoms with Gasteiger partial charge in [-0.05, 0) is 38.0 Å². The predicted octanol–water partition coefficient (Wildman–Crippen LogP) is -0.0320. The van der Waals surface area contributed by atoms with Gasteiger partial charge in [0.15, 0.2) is 0 Å². The number of morpholine rings is 1. The summed E-state index contributed by atoms with van der Waals surface area (Å²) >= 11 is 0. The van der Waals surface area contributed by atoms with Crippen LogP contribution in [0.5, 0.6) is 0 Å². The number of rotatable bonds is 2. The third kappa shape index (κ3) is 2.28. The van der Waals surface area contributed by atoms with Crippen LogP contribution < -0.4 is 5.73 Å². The van der Waals surface area contributed by atoms with Crippen LogP contribution in [0.2, 0.25) is 0 Å². The molecular weight excluding hydrogens is 244 g/mol. The molecule has 0 spiro atoms. The maximum atomic E-state index is 12.7. The average Bonchev–Trinajstić information content (AvgIpc) is 2.98. The van der Waals surface area contributed by atoms with Gasteiger partial charge < -0.3 is 20.5 Å². The summed E-state index contributed by atoms with van der Waals surface area (Å²) in [5, 5.41) is 9.24. The summed E-state index contributed by atoms with van der Waals surface area (Å²) in [7, 11) is 0. The highest BCUT2D eigenvalue weighted by Gasteiger charge is 2.50. The zero-order chi connectivity index (χ0) is 13.6. The minimum absolute atomic E-state index is 0.00314. The molecule has 3 aliphatic rings. The van der Waals surface area contributed by atoms with Crippen molar-refractivity contribution in [2.75, 3.05) is 19.7 Å². The number of aliphatic hydroxyl groups excluding tert-OH is 1. The molecule has 1 aliphatic heterocycles. The molecule has 19 heavy (non-hydrogen) atoms. The second-order valence-corrected chi connectivity index (χ2v) is 6.43. The maximum Gasteiger partial charge on any atom is 0.227 e. The third-order valence-electron chi connectivity index (χ3n) is 5.11. The molecule has 6 unspecified atom stereocenters. The van der Waals surface area contributed by atoms with E-state index < -0.39 is 0 Å². The molecular formula is C14H24N2O3. The van der Waals surface area contributed by atoms with Gasteiger partial charge in [0.25, 0.3) is 0 Å². The van der Waals surface area contributed by atoms with E-state index in [4.69, 9.17) is 10.5 Å². The third-order valence-corrected chi connectivity index (χ3v) is 5.11. The molecule has 2 aliphatic carbocycles. The van der Waals surface area contributed by atoms with Crippen LogP contribution in [-0.2, 0) is 9.53 Å². The summed E-state index contributed by atoms with van der Waals surface area (Å²) in [6, 6.07) is 0.0389. The van der Waals surface area contributed by atoms with E-state index in [-0.39, 0.29) is 36.7 Å². The first-order chi connectivity index (χ1) is 9.10. The van der Waals surface area contributed by atoms with Crippen molar-refractivity contribution in [3.63, 3.8) is 0 Å². The number of amides is 1. The lowest BCUT2D eigenvalue weighted by molar-refractivity contribution is -0.153. The lowest BCUT2D eigenvalue weighted by Crippen LogP contribution is -2.55.